The maximum atomic E-state index is 11.8. The van der Waals surface area contributed by atoms with Crippen molar-refractivity contribution in [2.75, 3.05) is 6.54 Å². The molecule has 2 aliphatic rings. The van der Waals surface area contributed by atoms with Crippen molar-refractivity contribution in [2.24, 2.45) is 5.73 Å². The molecule has 86 valence electrons. The quantitative estimate of drug-likeness (QED) is 0.805. The first-order valence-electron chi connectivity index (χ1n) is 5.24. The molecule has 17 heavy (non-hydrogen) atoms. The van der Waals surface area contributed by atoms with E-state index >= 15 is 0 Å². The van der Waals surface area contributed by atoms with Crippen molar-refractivity contribution in [1.29, 1.82) is 0 Å². The molecule has 0 saturated heterocycles. The zero-order valence-electron chi connectivity index (χ0n) is 9.14. The highest BCUT2D eigenvalue weighted by atomic mass is 16.2. The zero-order chi connectivity index (χ0) is 12.3. The van der Waals surface area contributed by atoms with E-state index in [1.165, 1.54) is 0 Å². The average molecular weight is 228 g/mol. The fourth-order valence-corrected chi connectivity index (χ4v) is 1.66. The SMILES string of the molecule is NCC(=O)NC(=O)c1ccc2cccccc1-2. The number of amides is 2. The third kappa shape index (κ3) is 2.32. The van der Waals surface area contributed by atoms with Gasteiger partial charge in [0.1, 0.15) is 0 Å². The number of hydrogen-bond acceptors (Lipinski definition) is 3. The number of nitrogens with two attached hydrogens (primary N) is 1. The van der Waals surface area contributed by atoms with Crippen LogP contribution in [-0.2, 0) is 4.79 Å². The van der Waals surface area contributed by atoms with Gasteiger partial charge in [-0.25, -0.2) is 0 Å². The standard InChI is InChI=1S/C13H12N2O2/c14-8-12(16)15-13(17)11-7-6-9-4-2-1-3-5-10(9)11/h1-7H,8,14H2,(H,15,16,17). The first-order valence-corrected chi connectivity index (χ1v) is 5.24. The van der Waals surface area contributed by atoms with Crippen LogP contribution in [-0.4, -0.2) is 18.4 Å². The van der Waals surface area contributed by atoms with Crippen LogP contribution in [0.4, 0.5) is 0 Å². The summed E-state index contributed by atoms with van der Waals surface area (Å²) in [6.07, 6.45) is 0. The van der Waals surface area contributed by atoms with E-state index < -0.39 is 11.8 Å². The van der Waals surface area contributed by atoms with Gasteiger partial charge in [-0.2, -0.15) is 0 Å². The van der Waals surface area contributed by atoms with Crippen LogP contribution in [0.25, 0.3) is 11.1 Å². The van der Waals surface area contributed by atoms with Gasteiger partial charge in [-0.15, -0.1) is 0 Å². The summed E-state index contributed by atoms with van der Waals surface area (Å²) in [6.45, 7) is -0.196. The molecule has 0 aromatic carbocycles. The molecule has 2 rings (SSSR count). The maximum absolute atomic E-state index is 11.8. The van der Waals surface area contributed by atoms with Gasteiger partial charge >= 0.3 is 0 Å². The Morgan fingerprint density at radius 1 is 1.06 bits per heavy atom. The van der Waals surface area contributed by atoms with E-state index in [9.17, 15) is 9.59 Å². The van der Waals surface area contributed by atoms with Gasteiger partial charge in [0.25, 0.3) is 5.91 Å². The van der Waals surface area contributed by atoms with Crippen LogP contribution in [0.5, 0.6) is 0 Å². The Bertz CT molecular complexity index is 537. The molecule has 0 bridgehead atoms. The van der Waals surface area contributed by atoms with Gasteiger partial charge in [0.15, 0.2) is 0 Å². The molecule has 0 heterocycles. The molecule has 0 aromatic rings. The molecule has 0 fully saturated rings. The van der Waals surface area contributed by atoms with E-state index in [0.717, 1.165) is 11.1 Å². The van der Waals surface area contributed by atoms with Gasteiger partial charge < -0.3 is 5.73 Å². The lowest BCUT2D eigenvalue weighted by atomic mass is 10.1. The molecule has 0 aromatic heterocycles. The van der Waals surface area contributed by atoms with E-state index in [1.54, 1.807) is 6.07 Å². The number of rotatable bonds is 2. The lowest BCUT2D eigenvalue weighted by molar-refractivity contribution is -0.118. The van der Waals surface area contributed by atoms with Gasteiger partial charge in [0.05, 0.1) is 6.54 Å². The lowest BCUT2D eigenvalue weighted by Crippen LogP contribution is -2.35. The molecule has 3 N–H and O–H groups in total. The minimum atomic E-state index is -0.482. The predicted octanol–water partition coefficient (Wildman–Crippen LogP) is 1.01. The van der Waals surface area contributed by atoms with Crippen molar-refractivity contribution in [3.05, 3.63) is 48.0 Å². The van der Waals surface area contributed by atoms with Crippen LogP contribution < -0.4 is 11.1 Å². The van der Waals surface area contributed by atoms with Crippen molar-refractivity contribution in [1.82, 2.24) is 5.32 Å². The Labute approximate surface area is 98.8 Å². The van der Waals surface area contributed by atoms with Crippen molar-refractivity contribution >= 4 is 11.8 Å². The molecule has 0 radical (unpaired) electrons. The Morgan fingerprint density at radius 2 is 1.82 bits per heavy atom. The summed E-state index contributed by atoms with van der Waals surface area (Å²) in [4.78, 5) is 22.9. The van der Waals surface area contributed by atoms with E-state index in [0.29, 0.717) is 5.56 Å². The third-order valence-corrected chi connectivity index (χ3v) is 2.47. The molecular weight excluding hydrogens is 216 g/mol. The zero-order valence-corrected chi connectivity index (χ0v) is 9.14. The number of carbonyl (C=O) groups excluding carboxylic acids is 2. The first kappa shape index (κ1) is 11.3. The molecule has 4 nitrogen and oxygen atoms in total. The Kier molecular flexibility index (Phi) is 3.16. The maximum Gasteiger partial charge on any atom is 0.258 e. The Hall–Kier alpha value is -2.20. The molecule has 0 aliphatic heterocycles. The van der Waals surface area contributed by atoms with E-state index in [2.05, 4.69) is 5.32 Å². The Morgan fingerprint density at radius 3 is 2.59 bits per heavy atom. The van der Waals surface area contributed by atoms with Crippen LogP contribution in [0.15, 0.2) is 42.5 Å². The fraction of sp³-hybridized carbons (Fsp3) is 0.0769. The van der Waals surface area contributed by atoms with Crippen LogP contribution in [0.3, 0.4) is 0 Å². The second-order valence-electron chi connectivity index (χ2n) is 3.61. The van der Waals surface area contributed by atoms with E-state index in [-0.39, 0.29) is 6.54 Å². The third-order valence-electron chi connectivity index (χ3n) is 2.47. The summed E-state index contributed by atoms with van der Waals surface area (Å²) in [5.41, 5.74) is 7.40. The van der Waals surface area contributed by atoms with Gasteiger partial charge in [-0.3, -0.25) is 14.9 Å². The van der Waals surface area contributed by atoms with Gasteiger partial charge in [0, 0.05) is 5.56 Å². The van der Waals surface area contributed by atoms with Crippen molar-refractivity contribution < 1.29 is 9.59 Å². The first-order chi connectivity index (χ1) is 8.22. The van der Waals surface area contributed by atoms with E-state index in [1.807, 2.05) is 36.4 Å². The summed E-state index contributed by atoms with van der Waals surface area (Å²) >= 11 is 0. The highest BCUT2D eigenvalue weighted by Crippen LogP contribution is 2.26. The van der Waals surface area contributed by atoms with Crippen LogP contribution in [0.1, 0.15) is 10.4 Å². The summed E-state index contributed by atoms with van der Waals surface area (Å²) in [7, 11) is 0. The fourth-order valence-electron chi connectivity index (χ4n) is 1.66. The summed E-state index contributed by atoms with van der Waals surface area (Å²) in [5.74, 6) is -0.897. The van der Waals surface area contributed by atoms with Crippen molar-refractivity contribution in [3.63, 3.8) is 0 Å². The number of hydrogen-bond donors (Lipinski definition) is 2. The molecule has 4 heteroatoms. The minimum absolute atomic E-state index is 0.196. The summed E-state index contributed by atoms with van der Waals surface area (Å²) < 4.78 is 0. The molecular formula is C13H12N2O2. The summed E-state index contributed by atoms with van der Waals surface area (Å²) in [5, 5.41) is 2.23. The van der Waals surface area contributed by atoms with Crippen LogP contribution in [0.2, 0.25) is 0 Å². The minimum Gasteiger partial charge on any atom is -0.322 e. The molecule has 0 spiro atoms. The largest absolute Gasteiger partial charge is 0.322 e. The van der Waals surface area contributed by atoms with Crippen molar-refractivity contribution in [3.8, 4) is 11.1 Å². The molecule has 2 amide bonds. The van der Waals surface area contributed by atoms with Gasteiger partial charge in [0.2, 0.25) is 5.91 Å². The number of imide groups is 1. The molecule has 0 unspecified atom stereocenters. The monoisotopic (exact) mass is 228 g/mol. The number of carbonyl (C=O) groups is 2. The topological polar surface area (TPSA) is 72.2 Å². The predicted molar refractivity (Wildman–Crippen MR) is 64.6 cm³/mol. The lowest BCUT2D eigenvalue weighted by Gasteiger charge is -2.02. The second-order valence-corrected chi connectivity index (χ2v) is 3.61. The normalized spacial score (nSPS) is 10.2. The van der Waals surface area contributed by atoms with Crippen LogP contribution in [0, 0.1) is 0 Å². The highest BCUT2D eigenvalue weighted by molar-refractivity contribution is 6.09. The Balaban J connectivity index is 2.33. The highest BCUT2D eigenvalue weighted by Gasteiger charge is 2.16. The van der Waals surface area contributed by atoms with Gasteiger partial charge in [-0.05, 0) is 17.2 Å². The van der Waals surface area contributed by atoms with Gasteiger partial charge in [-0.1, -0.05) is 36.4 Å². The summed E-state index contributed by atoms with van der Waals surface area (Å²) in [6, 6.07) is 12.9. The molecule has 0 saturated carbocycles. The smallest absolute Gasteiger partial charge is 0.258 e. The van der Waals surface area contributed by atoms with E-state index in [4.69, 9.17) is 5.73 Å². The van der Waals surface area contributed by atoms with Crippen LogP contribution >= 0.6 is 0 Å². The average Bonchev–Trinajstić information content (AvgIpc) is 2.58. The second kappa shape index (κ2) is 4.76. The van der Waals surface area contributed by atoms with Crippen molar-refractivity contribution in [2.45, 2.75) is 0 Å². The molecule has 0 atom stereocenters. The number of fused-ring (bicyclic) bond motifs is 1. The number of nitrogens with one attached hydrogen (secondary N) is 1. The molecule has 2 aliphatic carbocycles.